The average Bonchev–Trinajstić information content (AvgIpc) is 2.26. The molecule has 1 atom stereocenters. The van der Waals surface area contributed by atoms with Gasteiger partial charge in [0.1, 0.15) is 6.04 Å². The van der Waals surface area contributed by atoms with Gasteiger partial charge in [0.2, 0.25) is 5.91 Å². The summed E-state index contributed by atoms with van der Waals surface area (Å²) in [6.07, 6.45) is -0.219. The molecule has 0 radical (unpaired) electrons. The van der Waals surface area contributed by atoms with Crippen LogP contribution < -0.4 is 11.1 Å². The number of nitrogens with two attached hydrogens (primary N) is 1. The summed E-state index contributed by atoms with van der Waals surface area (Å²) in [7, 11) is 0. The third-order valence-corrected chi connectivity index (χ3v) is 2.59. The number of nitrogens with one attached hydrogen (secondary N) is 1. The first-order chi connectivity index (χ1) is 7.99. The Labute approximate surface area is 107 Å². The number of rotatable bonds is 5. The highest BCUT2D eigenvalue weighted by Crippen LogP contribution is 2.11. The normalized spacial score (nSPS) is 11.9. The van der Waals surface area contributed by atoms with Gasteiger partial charge in [0.25, 0.3) is 0 Å². The molecule has 6 heteroatoms. The van der Waals surface area contributed by atoms with E-state index in [4.69, 9.17) is 10.8 Å². The molecule has 0 aromatic heterocycles. The van der Waals surface area contributed by atoms with Crippen molar-refractivity contribution in [3.05, 3.63) is 34.3 Å². The van der Waals surface area contributed by atoms with Crippen LogP contribution in [0.1, 0.15) is 12.0 Å². The number of hydrogen-bond acceptors (Lipinski definition) is 3. The zero-order valence-electron chi connectivity index (χ0n) is 9.02. The lowest BCUT2D eigenvalue weighted by Gasteiger charge is -2.08. The zero-order valence-corrected chi connectivity index (χ0v) is 10.6. The number of benzene rings is 1. The molecule has 0 saturated heterocycles. The van der Waals surface area contributed by atoms with E-state index in [1.807, 2.05) is 24.3 Å². The summed E-state index contributed by atoms with van der Waals surface area (Å²) in [5.74, 6) is -1.55. The molecular weight excluding hydrogens is 288 g/mol. The molecule has 1 aromatic carbocycles. The van der Waals surface area contributed by atoms with E-state index in [9.17, 15) is 9.59 Å². The van der Waals surface area contributed by atoms with Crippen LogP contribution in [-0.2, 0) is 16.1 Å². The van der Waals surface area contributed by atoms with Gasteiger partial charge in [-0.2, -0.15) is 0 Å². The molecular formula is C11H13BrN2O3. The van der Waals surface area contributed by atoms with Crippen LogP contribution in [0.3, 0.4) is 0 Å². The van der Waals surface area contributed by atoms with Crippen molar-refractivity contribution in [3.8, 4) is 0 Å². The van der Waals surface area contributed by atoms with Gasteiger partial charge in [-0.25, -0.2) is 0 Å². The Morgan fingerprint density at radius 1 is 1.47 bits per heavy atom. The summed E-state index contributed by atoms with van der Waals surface area (Å²) in [6.45, 7) is 0.352. The Kier molecular flexibility index (Phi) is 5.11. The quantitative estimate of drug-likeness (QED) is 0.752. The van der Waals surface area contributed by atoms with Crippen LogP contribution in [0, 0.1) is 0 Å². The van der Waals surface area contributed by atoms with Crippen LogP contribution in [-0.4, -0.2) is 23.0 Å². The van der Waals surface area contributed by atoms with Gasteiger partial charge in [0, 0.05) is 11.0 Å². The van der Waals surface area contributed by atoms with Crippen molar-refractivity contribution in [2.24, 2.45) is 5.73 Å². The topological polar surface area (TPSA) is 92.4 Å². The second-order valence-electron chi connectivity index (χ2n) is 3.56. The van der Waals surface area contributed by atoms with Gasteiger partial charge in [0.15, 0.2) is 0 Å². The summed E-state index contributed by atoms with van der Waals surface area (Å²) in [5, 5.41) is 11.2. The first-order valence-corrected chi connectivity index (χ1v) is 5.78. The maximum atomic E-state index is 11.3. The maximum absolute atomic E-state index is 11.3. The van der Waals surface area contributed by atoms with Gasteiger partial charge >= 0.3 is 5.97 Å². The second-order valence-corrected chi connectivity index (χ2v) is 4.47. The molecule has 1 rings (SSSR count). The highest BCUT2D eigenvalue weighted by atomic mass is 79.9. The highest BCUT2D eigenvalue weighted by Gasteiger charge is 2.15. The van der Waals surface area contributed by atoms with Crippen molar-refractivity contribution < 1.29 is 14.7 Å². The number of carboxylic acids is 1. The van der Waals surface area contributed by atoms with Crippen molar-refractivity contribution in [2.45, 2.75) is 19.0 Å². The molecule has 0 aliphatic rings. The molecule has 0 spiro atoms. The minimum Gasteiger partial charge on any atom is -0.480 e. The molecule has 0 bridgehead atoms. The molecule has 0 heterocycles. The molecule has 1 unspecified atom stereocenters. The van der Waals surface area contributed by atoms with Crippen LogP contribution in [0.4, 0.5) is 0 Å². The highest BCUT2D eigenvalue weighted by molar-refractivity contribution is 9.10. The van der Waals surface area contributed by atoms with E-state index in [0.717, 1.165) is 10.0 Å². The lowest BCUT2D eigenvalue weighted by Crippen LogP contribution is -2.36. The van der Waals surface area contributed by atoms with E-state index >= 15 is 0 Å². The van der Waals surface area contributed by atoms with Gasteiger partial charge in [-0.3, -0.25) is 9.59 Å². The number of hydrogen-bond donors (Lipinski definition) is 3. The third-order valence-electron chi connectivity index (χ3n) is 2.10. The van der Waals surface area contributed by atoms with Crippen LogP contribution in [0.5, 0.6) is 0 Å². The summed E-state index contributed by atoms with van der Waals surface area (Å²) in [5.41, 5.74) is 6.17. The maximum Gasteiger partial charge on any atom is 0.321 e. The number of carbonyl (C=O) groups is 2. The lowest BCUT2D eigenvalue weighted by molar-refractivity contribution is -0.140. The van der Waals surface area contributed by atoms with Gasteiger partial charge < -0.3 is 16.2 Å². The minimum absolute atomic E-state index is 0.219. The fourth-order valence-electron chi connectivity index (χ4n) is 1.21. The Morgan fingerprint density at radius 2 is 2.18 bits per heavy atom. The molecule has 1 amide bonds. The van der Waals surface area contributed by atoms with Crippen molar-refractivity contribution in [2.75, 3.05) is 0 Å². The SMILES string of the molecule is NC(CC(=O)NCc1cccc(Br)c1)C(=O)O. The number of aliphatic carboxylic acids is 1. The zero-order chi connectivity index (χ0) is 12.8. The van der Waals surface area contributed by atoms with Crippen molar-refractivity contribution in [1.29, 1.82) is 0 Å². The second kappa shape index (κ2) is 6.36. The van der Waals surface area contributed by atoms with Crippen molar-refractivity contribution in [3.63, 3.8) is 0 Å². The van der Waals surface area contributed by atoms with E-state index < -0.39 is 12.0 Å². The smallest absolute Gasteiger partial charge is 0.321 e. The van der Waals surface area contributed by atoms with Gasteiger partial charge in [-0.05, 0) is 17.7 Å². The van der Waals surface area contributed by atoms with E-state index in [2.05, 4.69) is 21.2 Å². The Bertz CT molecular complexity index is 423. The summed E-state index contributed by atoms with van der Waals surface area (Å²) < 4.78 is 0.923. The van der Waals surface area contributed by atoms with Crippen LogP contribution >= 0.6 is 15.9 Å². The first-order valence-electron chi connectivity index (χ1n) is 4.98. The van der Waals surface area contributed by atoms with E-state index in [-0.39, 0.29) is 12.3 Å². The molecule has 0 aliphatic carbocycles. The van der Waals surface area contributed by atoms with Gasteiger partial charge in [0.05, 0.1) is 6.42 Å². The molecule has 0 fully saturated rings. The molecule has 92 valence electrons. The Morgan fingerprint density at radius 3 is 2.76 bits per heavy atom. The standard InChI is InChI=1S/C11H13BrN2O3/c12-8-3-1-2-7(4-8)6-14-10(15)5-9(13)11(16)17/h1-4,9H,5-6,13H2,(H,14,15)(H,16,17). The number of carboxylic acid groups (broad SMARTS) is 1. The Balaban J connectivity index is 2.41. The van der Waals surface area contributed by atoms with E-state index in [0.29, 0.717) is 6.54 Å². The van der Waals surface area contributed by atoms with E-state index in [1.54, 1.807) is 0 Å². The molecule has 0 aliphatic heterocycles. The first kappa shape index (κ1) is 13.7. The predicted molar refractivity (Wildman–Crippen MR) is 66.2 cm³/mol. The van der Waals surface area contributed by atoms with E-state index in [1.165, 1.54) is 0 Å². The number of halogens is 1. The van der Waals surface area contributed by atoms with Gasteiger partial charge in [-0.15, -0.1) is 0 Å². The summed E-state index contributed by atoms with van der Waals surface area (Å²) in [6, 6.07) is 6.32. The predicted octanol–water partition coefficient (Wildman–Crippen LogP) is 0.867. The molecule has 5 nitrogen and oxygen atoms in total. The third kappa shape index (κ3) is 4.97. The fourth-order valence-corrected chi connectivity index (χ4v) is 1.65. The largest absolute Gasteiger partial charge is 0.480 e. The molecule has 4 N–H and O–H groups in total. The molecule has 1 aromatic rings. The summed E-state index contributed by atoms with van der Waals surface area (Å²) >= 11 is 3.32. The fraction of sp³-hybridized carbons (Fsp3) is 0.273. The molecule has 0 saturated carbocycles. The van der Waals surface area contributed by atoms with Crippen LogP contribution in [0.2, 0.25) is 0 Å². The number of carbonyl (C=O) groups excluding carboxylic acids is 1. The van der Waals surface area contributed by atoms with Crippen molar-refractivity contribution >= 4 is 27.8 Å². The average molecular weight is 301 g/mol. The van der Waals surface area contributed by atoms with Crippen LogP contribution in [0.15, 0.2) is 28.7 Å². The monoisotopic (exact) mass is 300 g/mol. The minimum atomic E-state index is -1.18. The van der Waals surface area contributed by atoms with Crippen LogP contribution in [0.25, 0.3) is 0 Å². The lowest BCUT2D eigenvalue weighted by atomic mass is 10.2. The number of amides is 1. The van der Waals surface area contributed by atoms with Crippen molar-refractivity contribution in [1.82, 2.24) is 5.32 Å². The van der Waals surface area contributed by atoms with Gasteiger partial charge in [-0.1, -0.05) is 28.1 Å². The Hall–Kier alpha value is -1.40. The molecule has 17 heavy (non-hydrogen) atoms. The summed E-state index contributed by atoms with van der Waals surface area (Å²) in [4.78, 5) is 21.8.